The molecule has 0 radical (unpaired) electrons. The van der Waals surface area contributed by atoms with Gasteiger partial charge in [0.05, 0.1) is 15.5 Å². The Kier molecular flexibility index (Phi) is 4.51. The number of hydrogen-bond donors (Lipinski definition) is 0. The van der Waals surface area contributed by atoms with E-state index in [1.165, 1.54) is 6.07 Å². The van der Waals surface area contributed by atoms with Crippen molar-refractivity contribution in [2.24, 2.45) is 0 Å². The molecule has 1 aromatic heterocycles. The summed E-state index contributed by atoms with van der Waals surface area (Å²) in [5.74, 6) is 0.989. The molecule has 0 amide bonds. The number of nitrogens with zero attached hydrogens (tertiary/aromatic N) is 2. The molecule has 0 aliphatic rings. The fraction of sp³-hybridized carbons (Fsp3) is 0.133. The van der Waals surface area contributed by atoms with Crippen LogP contribution in [0.15, 0.2) is 40.9 Å². The summed E-state index contributed by atoms with van der Waals surface area (Å²) in [7, 11) is 0. The van der Waals surface area contributed by atoms with Crippen LogP contribution in [0.4, 0.5) is 4.39 Å². The van der Waals surface area contributed by atoms with Gasteiger partial charge in [-0.1, -0.05) is 0 Å². The van der Waals surface area contributed by atoms with Crippen LogP contribution in [-0.4, -0.2) is 15.4 Å². The van der Waals surface area contributed by atoms with Crippen LogP contribution in [0.3, 0.4) is 0 Å². The van der Waals surface area contributed by atoms with Crippen LogP contribution in [0.5, 0.6) is 0 Å². The highest BCUT2D eigenvalue weighted by molar-refractivity contribution is 14.1. The number of rotatable bonds is 3. The lowest BCUT2D eigenvalue weighted by molar-refractivity contribution is 0.623. The molecule has 0 bridgehead atoms. The first-order valence-electron chi connectivity index (χ1n) is 6.28. The number of benzene rings is 2. The van der Waals surface area contributed by atoms with Crippen LogP contribution >= 0.6 is 50.1 Å². The van der Waals surface area contributed by atoms with Gasteiger partial charge in [0, 0.05) is 27.6 Å². The van der Waals surface area contributed by atoms with Crippen LogP contribution in [0.1, 0.15) is 5.82 Å². The van der Waals surface area contributed by atoms with Crippen LogP contribution < -0.4 is 0 Å². The van der Waals surface area contributed by atoms with Gasteiger partial charge in [0.25, 0.3) is 0 Å². The zero-order chi connectivity index (χ0) is 15.0. The highest BCUT2D eigenvalue weighted by Crippen LogP contribution is 2.27. The molecule has 21 heavy (non-hydrogen) atoms. The molecule has 0 fully saturated rings. The van der Waals surface area contributed by atoms with Crippen LogP contribution in [0.25, 0.3) is 16.7 Å². The fourth-order valence-electron chi connectivity index (χ4n) is 2.25. The molecule has 0 saturated carbocycles. The average molecular weight is 480 g/mol. The van der Waals surface area contributed by atoms with Gasteiger partial charge in [0.15, 0.2) is 0 Å². The summed E-state index contributed by atoms with van der Waals surface area (Å²) >= 11 is 11.4. The molecular weight excluding hydrogens is 469 g/mol. The zero-order valence-corrected chi connectivity index (χ0v) is 15.3. The Balaban J connectivity index is 2.29. The van der Waals surface area contributed by atoms with Gasteiger partial charge in [0.1, 0.15) is 11.6 Å². The predicted octanol–water partition coefficient (Wildman–Crippen LogP) is 5.31. The second-order valence-electron chi connectivity index (χ2n) is 4.53. The van der Waals surface area contributed by atoms with Gasteiger partial charge in [-0.15, -0.1) is 11.6 Å². The summed E-state index contributed by atoms with van der Waals surface area (Å²) < 4.78 is 17.3. The van der Waals surface area contributed by atoms with E-state index in [0.29, 0.717) is 22.3 Å². The van der Waals surface area contributed by atoms with Crippen molar-refractivity contribution in [1.82, 2.24) is 9.55 Å². The Morgan fingerprint density at radius 3 is 2.62 bits per heavy atom. The summed E-state index contributed by atoms with van der Waals surface area (Å²) in [6.07, 6.45) is 0.626. The number of halogens is 4. The summed E-state index contributed by atoms with van der Waals surface area (Å²) in [5, 5.41) is 0. The van der Waals surface area contributed by atoms with E-state index >= 15 is 0 Å². The molecule has 3 rings (SSSR count). The van der Waals surface area contributed by atoms with Crippen molar-refractivity contribution in [1.29, 1.82) is 0 Å². The van der Waals surface area contributed by atoms with Gasteiger partial charge in [0.2, 0.25) is 0 Å². The molecule has 1 heterocycles. The minimum Gasteiger partial charge on any atom is -0.296 e. The number of imidazole rings is 1. The molecule has 0 N–H and O–H groups in total. The molecule has 0 saturated heterocycles. The van der Waals surface area contributed by atoms with E-state index in [1.807, 2.05) is 28.8 Å². The summed E-state index contributed by atoms with van der Waals surface area (Å²) in [6, 6.07) is 11.3. The van der Waals surface area contributed by atoms with Crippen molar-refractivity contribution >= 4 is 61.2 Å². The van der Waals surface area contributed by atoms with Crippen molar-refractivity contribution in [3.8, 4) is 5.69 Å². The molecule has 0 aliphatic heterocycles. The monoisotopic (exact) mass is 478 g/mol. The number of hydrogen-bond acceptors (Lipinski definition) is 1. The van der Waals surface area contributed by atoms with Crippen LogP contribution in [0, 0.1) is 9.39 Å². The molecule has 108 valence electrons. The second kappa shape index (κ2) is 6.22. The molecule has 2 aromatic carbocycles. The maximum atomic E-state index is 13.7. The lowest BCUT2D eigenvalue weighted by atomic mass is 10.2. The van der Waals surface area contributed by atoms with Gasteiger partial charge >= 0.3 is 0 Å². The lowest BCUT2D eigenvalue weighted by Crippen LogP contribution is -2.02. The van der Waals surface area contributed by atoms with E-state index in [2.05, 4.69) is 43.5 Å². The lowest BCUT2D eigenvalue weighted by Gasteiger charge is -2.09. The van der Waals surface area contributed by atoms with Crippen molar-refractivity contribution in [2.75, 3.05) is 5.88 Å². The van der Waals surface area contributed by atoms with Crippen molar-refractivity contribution < 1.29 is 4.39 Å². The van der Waals surface area contributed by atoms with Gasteiger partial charge in [-0.25, -0.2) is 9.37 Å². The Hall–Kier alpha value is -0.660. The minimum absolute atomic E-state index is 0.313. The fourth-order valence-corrected chi connectivity index (χ4v) is 3.11. The summed E-state index contributed by atoms with van der Waals surface area (Å²) in [6.45, 7) is 0. The molecule has 0 unspecified atom stereocenters. The third-order valence-electron chi connectivity index (χ3n) is 3.17. The highest BCUT2D eigenvalue weighted by Gasteiger charge is 2.14. The van der Waals surface area contributed by atoms with E-state index in [1.54, 1.807) is 6.07 Å². The molecular formula is C15H10BrClFIN2. The first-order chi connectivity index (χ1) is 10.1. The van der Waals surface area contributed by atoms with E-state index in [9.17, 15) is 4.39 Å². The number of alkyl halides is 1. The zero-order valence-electron chi connectivity index (χ0n) is 10.8. The summed E-state index contributed by atoms with van der Waals surface area (Å²) in [4.78, 5) is 4.52. The van der Waals surface area contributed by atoms with E-state index in [4.69, 9.17) is 11.6 Å². The van der Waals surface area contributed by atoms with E-state index in [-0.39, 0.29) is 5.82 Å². The third kappa shape index (κ3) is 2.96. The summed E-state index contributed by atoms with van der Waals surface area (Å²) in [5.41, 5.74) is 2.50. The highest BCUT2D eigenvalue weighted by atomic mass is 127. The first-order valence-corrected chi connectivity index (χ1v) is 8.69. The van der Waals surface area contributed by atoms with Crippen LogP contribution in [0.2, 0.25) is 0 Å². The third-order valence-corrected chi connectivity index (χ3v) is 4.68. The Bertz CT molecular complexity index is 802. The van der Waals surface area contributed by atoms with Gasteiger partial charge < -0.3 is 0 Å². The van der Waals surface area contributed by atoms with Gasteiger partial charge in [-0.3, -0.25) is 4.57 Å². The second-order valence-corrected chi connectivity index (χ2v) is 7.01. The number of aromatic nitrogens is 2. The van der Waals surface area contributed by atoms with Gasteiger partial charge in [-0.05, 0) is 68.9 Å². The molecule has 0 aliphatic carbocycles. The molecule has 0 atom stereocenters. The Labute approximate surface area is 148 Å². The molecule has 3 aromatic rings. The first kappa shape index (κ1) is 15.2. The normalized spacial score (nSPS) is 11.2. The maximum Gasteiger partial charge on any atom is 0.139 e. The van der Waals surface area contributed by atoms with Crippen molar-refractivity contribution in [3.63, 3.8) is 0 Å². The molecule has 2 nitrogen and oxygen atoms in total. The topological polar surface area (TPSA) is 17.8 Å². The Morgan fingerprint density at radius 2 is 1.95 bits per heavy atom. The standard InChI is InChI=1S/C15H10BrClFIN2/c16-11-7-14-13(8-12(11)18)20-15(5-6-17)21(14)10-3-1-9(19)2-4-10/h1-4,7-8H,5-6H2. The average Bonchev–Trinajstić information content (AvgIpc) is 2.78. The quantitative estimate of drug-likeness (QED) is 0.368. The van der Waals surface area contributed by atoms with Gasteiger partial charge in [-0.2, -0.15) is 0 Å². The van der Waals surface area contributed by atoms with Crippen molar-refractivity contribution in [2.45, 2.75) is 6.42 Å². The SMILES string of the molecule is Fc1cc2nc(CCCl)n(-c3ccc(I)cc3)c2cc1Br. The molecule has 0 spiro atoms. The largest absolute Gasteiger partial charge is 0.296 e. The predicted molar refractivity (Wildman–Crippen MR) is 95.9 cm³/mol. The van der Waals surface area contributed by atoms with E-state index in [0.717, 1.165) is 20.6 Å². The Morgan fingerprint density at radius 1 is 1.24 bits per heavy atom. The molecule has 6 heteroatoms. The smallest absolute Gasteiger partial charge is 0.139 e. The number of aryl methyl sites for hydroxylation is 1. The maximum absolute atomic E-state index is 13.7. The van der Waals surface area contributed by atoms with Crippen LogP contribution in [-0.2, 0) is 6.42 Å². The van der Waals surface area contributed by atoms with Crippen molar-refractivity contribution in [3.05, 3.63) is 56.1 Å². The number of fused-ring (bicyclic) bond motifs is 1. The van der Waals surface area contributed by atoms with E-state index < -0.39 is 0 Å². The minimum atomic E-state index is -0.313.